The average molecular weight is 390 g/mol. The normalized spacial score (nSPS) is 15.3. The number of anilines is 1. The van der Waals surface area contributed by atoms with Crippen LogP contribution in [0.3, 0.4) is 0 Å². The van der Waals surface area contributed by atoms with Crippen molar-refractivity contribution in [1.82, 2.24) is 9.78 Å². The maximum atomic E-state index is 13.9. The highest BCUT2D eigenvalue weighted by Crippen LogP contribution is 2.28. The van der Waals surface area contributed by atoms with Gasteiger partial charge in [0.2, 0.25) is 0 Å². The van der Waals surface area contributed by atoms with Gasteiger partial charge in [-0.2, -0.15) is 9.78 Å². The number of hydrogen-bond acceptors (Lipinski definition) is 4. The van der Waals surface area contributed by atoms with Crippen molar-refractivity contribution in [3.8, 4) is 11.4 Å². The molecular weight excluding hydrogens is 376 g/mol. The molecule has 0 spiro atoms. The van der Waals surface area contributed by atoms with Gasteiger partial charge in [-0.1, -0.05) is 29.8 Å². The lowest BCUT2D eigenvalue weighted by atomic mass is 10.1. The van der Waals surface area contributed by atoms with Gasteiger partial charge in [0, 0.05) is 12.5 Å². The van der Waals surface area contributed by atoms with E-state index in [0.717, 1.165) is 34.5 Å². The second-order valence-electron chi connectivity index (χ2n) is 6.12. The van der Waals surface area contributed by atoms with E-state index in [1.165, 1.54) is 6.20 Å². The van der Waals surface area contributed by atoms with E-state index in [9.17, 15) is 13.6 Å². The highest BCUT2D eigenvalue weighted by Gasteiger charge is 2.22. The molecule has 0 unspecified atom stereocenters. The van der Waals surface area contributed by atoms with Gasteiger partial charge in [0.1, 0.15) is 28.4 Å². The van der Waals surface area contributed by atoms with Gasteiger partial charge in [0.05, 0.1) is 18.4 Å². The molecule has 1 aliphatic heterocycles. The van der Waals surface area contributed by atoms with Crippen LogP contribution in [-0.2, 0) is 6.42 Å². The van der Waals surface area contributed by atoms with E-state index >= 15 is 0 Å². The van der Waals surface area contributed by atoms with Crippen LogP contribution in [0.1, 0.15) is 5.56 Å². The molecule has 0 aliphatic carbocycles. The minimum Gasteiger partial charge on any atom is -0.488 e. The number of ether oxygens (including phenoxy) is 1. The predicted molar refractivity (Wildman–Crippen MR) is 97.8 cm³/mol. The first-order valence-corrected chi connectivity index (χ1v) is 8.62. The molecule has 0 bridgehead atoms. The van der Waals surface area contributed by atoms with Crippen molar-refractivity contribution in [2.24, 2.45) is 0 Å². The van der Waals surface area contributed by atoms with Gasteiger partial charge in [0.25, 0.3) is 5.56 Å². The van der Waals surface area contributed by atoms with Crippen molar-refractivity contribution in [1.29, 1.82) is 0 Å². The van der Waals surface area contributed by atoms with Crippen molar-refractivity contribution in [3.05, 3.63) is 81.2 Å². The van der Waals surface area contributed by atoms with Gasteiger partial charge in [-0.3, -0.25) is 4.79 Å². The minimum absolute atomic E-state index is 0.101. The number of fused-ring (bicyclic) bond motifs is 1. The monoisotopic (exact) mass is 389 g/mol. The lowest BCUT2D eigenvalue weighted by Crippen LogP contribution is -2.27. The Balaban J connectivity index is 1.52. The Bertz CT molecular complexity index is 1050. The summed E-state index contributed by atoms with van der Waals surface area (Å²) in [4.78, 5) is 12.4. The highest BCUT2D eigenvalue weighted by atomic mass is 35.5. The zero-order valence-electron chi connectivity index (χ0n) is 14.0. The van der Waals surface area contributed by atoms with Gasteiger partial charge in [-0.05, 0) is 23.8 Å². The van der Waals surface area contributed by atoms with Crippen molar-refractivity contribution in [3.63, 3.8) is 0 Å². The van der Waals surface area contributed by atoms with Gasteiger partial charge < -0.3 is 10.1 Å². The molecule has 0 saturated carbocycles. The molecule has 4 rings (SSSR count). The molecule has 27 heavy (non-hydrogen) atoms. The topological polar surface area (TPSA) is 56.1 Å². The fraction of sp³-hybridized carbons (Fsp3) is 0.158. The van der Waals surface area contributed by atoms with Crippen LogP contribution in [0.2, 0.25) is 5.02 Å². The van der Waals surface area contributed by atoms with Crippen molar-refractivity contribution in [2.75, 3.05) is 11.9 Å². The molecule has 8 heteroatoms. The molecule has 1 aromatic heterocycles. The number of nitrogens with one attached hydrogen (secondary N) is 1. The Labute approximate surface area is 158 Å². The van der Waals surface area contributed by atoms with Crippen molar-refractivity contribution in [2.45, 2.75) is 12.5 Å². The molecule has 5 nitrogen and oxygen atoms in total. The number of aromatic nitrogens is 2. The van der Waals surface area contributed by atoms with E-state index in [1.54, 1.807) is 0 Å². The molecule has 3 aromatic rings. The van der Waals surface area contributed by atoms with E-state index in [0.29, 0.717) is 18.3 Å². The van der Waals surface area contributed by atoms with E-state index in [4.69, 9.17) is 16.3 Å². The van der Waals surface area contributed by atoms with Crippen LogP contribution < -0.4 is 15.6 Å². The second-order valence-corrected chi connectivity index (χ2v) is 6.50. The summed E-state index contributed by atoms with van der Waals surface area (Å²) in [5, 5.41) is 6.85. The quantitative estimate of drug-likeness (QED) is 0.741. The van der Waals surface area contributed by atoms with Gasteiger partial charge in [-0.25, -0.2) is 8.78 Å². The Kier molecular flexibility index (Phi) is 4.53. The van der Waals surface area contributed by atoms with Crippen molar-refractivity contribution < 1.29 is 13.5 Å². The number of benzene rings is 2. The summed E-state index contributed by atoms with van der Waals surface area (Å²) in [5.74, 6) is -0.805. The van der Waals surface area contributed by atoms with Crippen LogP contribution in [0.4, 0.5) is 14.5 Å². The average Bonchev–Trinajstić information content (AvgIpc) is 3.07. The number of para-hydroxylation sites is 1. The largest absolute Gasteiger partial charge is 0.488 e. The number of nitrogens with zero attached hydrogens (tertiary/aromatic N) is 2. The fourth-order valence-electron chi connectivity index (χ4n) is 2.97. The van der Waals surface area contributed by atoms with E-state index < -0.39 is 17.2 Å². The maximum Gasteiger partial charge on any atom is 0.292 e. The summed E-state index contributed by atoms with van der Waals surface area (Å²) >= 11 is 6.13. The molecule has 138 valence electrons. The summed E-state index contributed by atoms with van der Waals surface area (Å²) in [5.41, 5.74) is 0.558. The molecule has 2 heterocycles. The highest BCUT2D eigenvalue weighted by molar-refractivity contribution is 6.32. The van der Waals surface area contributed by atoms with Crippen LogP contribution in [0.15, 0.2) is 53.5 Å². The zero-order valence-corrected chi connectivity index (χ0v) is 14.7. The van der Waals surface area contributed by atoms with Crippen LogP contribution in [0.25, 0.3) is 5.69 Å². The Morgan fingerprint density at radius 2 is 2.07 bits per heavy atom. The summed E-state index contributed by atoms with van der Waals surface area (Å²) in [6.45, 7) is 0.421. The minimum atomic E-state index is -0.904. The first kappa shape index (κ1) is 17.5. The SMILES string of the molecule is O=c1c(Cl)c(NC[C@H]2Cc3ccccc3O2)cnn1-c1ccc(F)cc1F. The molecular formula is C19H14ClF2N3O2. The Hall–Kier alpha value is -2.93. The molecule has 0 saturated heterocycles. The third-order valence-corrected chi connectivity index (χ3v) is 4.66. The molecule has 0 fully saturated rings. The van der Waals surface area contributed by atoms with Crippen LogP contribution in [0, 0.1) is 11.6 Å². The third-order valence-electron chi connectivity index (χ3n) is 4.29. The van der Waals surface area contributed by atoms with E-state index in [-0.39, 0.29) is 16.8 Å². The Morgan fingerprint density at radius 3 is 2.85 bits per heavy atom. The number of halogens is 3. The van der Waals surface area contributed by atoms with Gasteiger partial charge >= 0.3 is 0 Å². The Morgan fingerprint density at radius 1 is 1.26 bits per heavy atom. The second kappa shape index (κ2) is 7.00. The van der Waals surface area contributed by atoms with Crippen LogP contribution in [-0.4, -0.2) is 22.4 Å². The fourth-order valence-corrected chi connectivity index (χ4v) is 3.17. The van der Waals surface area contributed by atoms with E-state index in [1.807, 2.05) is 24.3 Å². The summed E-state index contributed by atoms with van der Waals surface area (Å²) in [6, 6.07) is 10.6. The van der Waals surface area contributed by atoms with Gasteiger partial charge in [0.15, 0.2) is 5.82 Å². The molecule has 0 amide bonds. The lowest BCUT2D eigenvalue weighted by molar-refractivity contribution is 0.246. The van der Waals surface area contributed by atoms with E-state index in [2.05, 4.69) is 10.4 Å². The summed E-state index contributed by atoms with van der Waals surface area (Å²) in [7, 11) is 0. The summed E-state index contributed by atoms with van der Waals surface area (Å²) < 4.78 is 33.6. The van der Waals surface area contributed by atoms with Crippen LogP contribution >= 0.6 is 11.6 Å². The maximum absolute atomic E-state index is 13.9. The molecule has 0 radical (unpaired) electrons. The first-order chi connectivity index (χ1) is 13.0. The molecule has 1 aliphatic rings. The first-order valence-electron chi connectivity index (χ1n) is 8.24. The van der Waals surface area contributed by atoms with Crippen molar-refractivity contribution >= 4 is 17.3 Å². The third kappa shape index (κ3) is 3.38. The predicted octanol–water partition coefficient (Wildman–Crippen LogP) is 3.58. The van der Waals surface area contributed by atoms with Crippen LogP contribution in [0.5, 0.6) is 5.75 Å². The molecule has 1 atom stereocenters. The standard InChI is InChI=1S/C19H14ClF2N3O2/c20-18-15(23-9-13-7-11-3-1-2-4-17(11)27-13)10-24-25(19(18)26)16-6-5-12(21)8-14(16)22/h1-6,8,10,13,23H,7,9H2/t13-/m1/s1. The molecule has 2 aromatic carbocycles. The number of hydrogen-bond donors (Lipinski definition) is 1. The zero-order chi connectivity index (χ0) is 19.0. The van der Waals surface area contributed by atoms with Gasteiger partial charge in [-0.15, -0.1) is 0 Å². The lowest BCUT2D eigenvalue weighted by Gasteiger charge is -2.14. The molecule has 1 N–H and O–H groups in total. The number of rotatable bonds is 4. The smallest absolute Gasteiger partial charge is 0.292 e. The summed E-state index contributed by atoms with van der Waals surface area (Å²) in [6.07, 6.45) is 1.97.